The van der Waals surface area contributed by atoms with Crippen LogP contribution >= 0.6 is 12.4 Å². The molecule has 0 heterocycles. The number of methoxy groups -OCH3 is 2. The molecular formula is C17H29ClN2O3. The maximum atomic E-state index is 12.3. The summed E-state index contributed by atoms with van der Waals surface area (Å²) >= 11 is 0. The fourth-order valence-electron chi connectivity index (χ4n) is 2.50. The third-order valence-corrected chi connectivity index (χ3v) is 4.37. The second-order valence-electron chi connectivity index (χ2n) is 5.39. The summed E-state index contributed by atoms with van der Waals surface area (Å²) in [6.07, 6.45) is 2.24. The molecule has 0 radical (unpaired) electrons. The SMILES string of the molecule is CCC(CC)(CN)C(=O)NCCc1ccc(OC)c(OC)c1.Cl. The van der Waals surface area contributed by atoms with Crippen LogP contribution in [0, 0.1) is 5.41 Å². The van der Waals surface area contributed by atoms with Gasteiger partial charge in [-0.3, -0.25) is 4.79 Å². The molecule has 5 nitrogen and oxygen atoms in total. The first-order valence-electron chi connectivity index (χ1n) is 7.76. The molecule has 3 N–H and O–H groups in total. The van der Waals surface area contributed by atoms with Crippen LogP contribution in [0.25, 0.3) is 0 Å². The molecule has 0 atom stereocenters. The highest BCUT2D eigenvalue weighted by Gasteiger charge is 2.32. The van der Waals surface area contributed by atoms with Crippen LogP contribution in [0.1, 0.15) is 32.3 Å². The van der Waals surface area contributed by atoms with Crippen LogP contribution in [0.15, 0.2) is 18.2 Å². The molecule has 1 aromatic rings. The number of ether oxygens (including phenoxy) is 2. The van der Waals surface area contributed by atoms with Gasteiger partial charge in [-0.1, -0.05) is 19.9 Å². The summed E-state index contributed by atoms with van der Waals surface area (Å²) in [7, 11) is 3.22. The minimum absolute atomic E-state index is 0. The number of carbonyl (C=O) groups excluding carboxylic acids is 1. The van der Waals surface area contributed by atoms with Crippen molar-refractivity contribution in [3.63, 3.8) is 0 Å². The quantitative estimate of drug-likeness (QED) is 0.722. The van der Waals surface area contributed by atoms with Crippen molar-refractivity contribution in [2.75, 3.05) is 27.3 Å². The third kappa shape index (κ3) is 5.29. The van der Waals surface area contributed by atoms with E-state index >= 15 is 0 Å². The van der Waals surface area contributed by atoms with Crippen LogP contribution in [-0.4, -0.2) is 33.2 Å². The van der Waals surface area contributed by atoms with Gasteiger partial charge >= 0.3 is 0 Å². The lowest BCUT2D eigenvalue weighted by Gasteiger charge is -2.28. The van der Waals surface area contributed by atoms with E-state index in [9.17, 15) is 4.79 Å². The summed E-state index contributed by atoms with van der Waals surface area (Å²) in [5.74, 6) is 1.44. The van der Waals surface area contributed by atoms with E-state index in [0.29, 0.717) is 24.6 Å². The monoisotopic (exact) mass is 344 g/mol. The number of hydrogen-bond donors (Lipinski definition) is 2. The van der Waals surface area contributed by atoms with Gasteiger partial charge in [0.25, 0.3) is 0 Å². The molecule has 1 amide bonds. The lowest BCUT2D eigenvalue weighted by molar-refractivity contribution is -0.131. The molecule has 0 fully saturated rings. The van der Waals surface area contributed by atoms with Crippen molar-refractivity contribution in [1.82, 2.24) is 5.32 Å². The largest absolute Gasteiger partial charge is 0.493 e. The Morgan fingerprint density at radius 3 is 2.26 bits per heavy atom. The van der Waals surface area contributed by atoms with Gasteiger partial charge in [0.15, 0.2) is 11.5 Å². The van der Waals surface area contributed by atoms with Crippen molar-refractivity contribution >= 4 is 18.3 Å². The zero-order valence-electron chi connectivity index (χ0n) is 14.5. The van der Waals surface area contributed by atoms with E-state index in [4.69, 9.17) is 15.2 Å². The number of halogens is 1. The summed E-state index contributed by atoms with van der Waals surface area (Å²) in [5.41, 5.74) is 6.43. The fraction of sp³-hybridized carbons (Fsp3) is 0.588. The average molecular weight is 345 g/mol. The van der Waals surface area contributed by atoms with E-state index in [-0.39, 0.29) is 18.3 Å². The van der Waals surface area contributed by atoms with Crippen molar-refractivity contribution in [1.29, 1.82) is 0 Å². The minimum atomic E-state index is -0.447. The van der Waals surface area contributed by atoms with Crippen LogP contribution in [0.3, 0.4) is 0 Å². The van der Waals surface area contributed by atoms with Gasteiger partial charge in [-0.15, -0.1) is 12.4 Å². The van der Waals surface area contributed by atoms with Gasteiger partial charge in [-0.05, 0) is 37.0 Å². The molecule has 0 saturated heterocycles. The summed E-state index contributed by atoms with van der Waals surface area (Å²) in [5, 5.41) is 3.00. The van der Waals surface area contributed by atoms with Crippen molar-refractivity contribution in [3.8, 4) is 11.5 Å². The zero-order valence-corrected chi connectivity index (χ0v) is 15.3. The standard InChI is InChI=1S/C17H28N2O3.ClH/c1-5-17(6-2,12-18)16(20)19-10-9-13-7-8-14(21-3)15(11-13)22-4;/h7-8,11H,5-6,9-10,12,18H2,1-4H3,(H,19,20);1H. The smallest absolute Gasteiger partial charge is 0.227 e. The molecule has 1 aromatic carbocycles. The van der Waals surface area contributed by atoms with E-state index in [2.05, 4.69) is 5.32 Å². The lowest BCUT2D eigenvalue weighted by Crippen LogP contribution is -2.45. The lowest BCUT2D eigenvalue weighted by atomic mass is 9.81. The van der Waals surface area contributed by atoms with Crippen LogP contribution in [0.5, 0.6) is 11.5 Å². The normalized spacial score (nSPS) is 10.7. The van der Waals surface area contributed by atoms with Gasteiger partial charge in [0, 0.05) is 13.1 Å². The van der Waals surface area contributed by atoms with Gasteiger partial charge in [-0.2, -0.15) is 0 Å². The molecule has 0 spiro atoms. The first-order chi connectivity index (χ1) is 10.6. The molecule has 23 heavy (non-hydrogen) atoms. The number of carbonyl (C=O) groups is 1. The topological polar surface area (TPSA) is 73.6 Å². The maximum Gasteiger partial charge on any atom is 0.227 e. The molecule has 0 aliphatic rings. The predicted molar refractivity (Wildman–Crippen MR) is 95.6 cm³/mol. The molecule has 0 aliphatic carbocycles. The highest BCUT2D eigenvalue weighted by atomic mass is 35.5. The molecular weight excluding hydrogens is 316 g/mol. The fourth-order valence-corrected chi connectivity index (χ4v) is 2.50. The zero-order chi connectivity index (χ0) is 16.6. The van der Waals surface area contributed by atoms with E-state index in [1.807, 2.05) is 32.0 Å². The van der Waals surface area contributed by atoms with Gasteiger partial charge in [0.2, 0.25) is 5.91 Å². The third-order valence-electron chi connectivity index (χ3n) is 4.37. The number of hydrogen-bond acceptors (Lipinski definition) is 4. The van der Waals surface area contributed by atoms with Gasteiger partial charge in [0.1, 0.15) is 0 Å². The van der Waals surface area contributed by atoms with E-state index in [1.165, 1.54) is 0 Å². The highest BCUT2D eigenvalue weighted by molar-refractivity contribution is 5.85. The van der Waals surface area contributed by atoms with Crippen molar-refractivity contribution in [2.24, 2.45) is 11.1 Å². The number of amides is 1. The summed E-state index contributed by atoms with van der Waals surface area (Å²) < 4.78 is 10.5. The van der Waals surface area contributed by atoms with Crippen molar-refractivity contribution in [3.05, 3.63) is 23.8 Å². The Kier molecular flexibility index (Phi) is 9.68. The molecule has 1 rings (SSSR count). The highest BCUT2D eigenvalue weighted by Crippen LogP contribution is 2.28. The van der Waals surface area contributed by atoms with Gasteiger partial charge in [-0.25, -0.2) is 0 Å². The Morgan fingerprint density at radius 1 is 1.17 bits per heavy atom. The first-order valence-corrected chi connectivity index (χ1v) is 7.76. The Labute approximate surface area is 145 Å². The molecule has 0 bridgehead atoms. The summed E-state index contributed by atoms with van der Waals surface area (Å²) in [4.78, 5) is 12.3. The average Bonchev–Trinajstić information content (AvgIpc) is 2.56. The van der Waals surface area contributed by atoms with Crippen LogP contribution < -0.4 is 20.5 Å². The Bertz CT molecular complexity index is 482. The second-order valence-corrected chi connectivity index (χ2v) is 5.39. The molecule has 0 aromatic heterocycles. The summed E-state index contributed by atoms with van der Waals surface area (Å²) in [6, 6.07) is 5.78. The van der Waals surface area contributed by atoms with Crippen molar-refractivity contribution in [2.45, 2.75) is 33.1 Å². The molecule has 0 unspecified atom stereocenters. The molecule has 132 valence electrons. The Hall–Kier alpha value is -1.46. The summed E-state index contributed by atoms with van der Waals surface area (Å²) in [6.45, 7) is 4.97. The Morgan fingerprint density at radius 2 is 1.78 bits per heavy atom. The molecule has 6 heteroatoms. The van der Waals surface area contributed by atoms with E-state index < -0.39 is 5.41 Å². The molecule has 0 saturated carbocycles. The van der Waals surface area contributed by atoms with E-state index in [1.54, 1.807) is 14.2 Å². The van der Waals surface area contributed by atoms with Crippen LogP contribution in [0.2, 0.25) is 0 Å². The number of rotatable bonds is 9. The van der Waals surface area contributed by atoms with Crippen LogP contribution in [0.4, 0.5) is 0 Å². The first kappa shape index (κ1) is 21.5. The number of nitrogens with two attached hydrogens (primary N) is 1. The maximum absolute atomic E-state index is 12.3. The number of benzene rings is 1. The second kappa shape index (κ2) is 10.3. The van der Waals surface area contributed by atoms with Crippen molar-refractivity contribution < 1.29 is 14.3 Å². The van der Waals surface area contributed by atoms with E-state index in [0.717, 1.165) is 24.8 Å². The predicted octanol–water partition coefficient (Wildman–Crippen LogP) is 2.55. The number of nitrogens with one attached hydrogen (secondary N) is 1. The Balaban J connectivity index is 0.00000484. The van der Waals surface area contributed by atoms with Gasteiger partial charge < -0.3 is 20.5 Å². The minimum Gasteiger partial charge on any atom is -0.493 e. The molecule has 0 aliphatic heterocycles. The van der Waals surface area contributed by atoms with Crippen LogP contribution in [-0.2, 0) is 11.2 Å². The van der Waals surface area contributed by atoms with Gasteiger partial charge in [0.05, 0.1) is 19.6 Å².